The van der Waals surface area contributed by atoms with E-state index >= 15 is 0 Å². The molecule has 1 unspecified atom stereocenters. The van der Waals surface area contributed by atoms with Crippen LogP contribution in [-0.4, -0.2) is 70.4 Å². The molecule has 0 radical (unpaired) electrons. The Kier molecular flexibility index (Phi) is 5.59. The summed E-state index contributed by atoms with van der Waals surface area (Å²) >= 11 is 0. The van der Waals surface area contributed by atoms with Gasteiger partial charge in [0.15, 0.2) is 0 Å². The number of piperazine rings is 1. The molecule has 0 aliphatic carbocycles. The van der Waals surface area contributed by atoms with Crippen LogP contribution in [0.1, 0.15) is 34.2 Å². The molecule has 2 rings (SSSR count). The summed E-state index contributed by atoms with van der Waals surface area (Å²) in [6.45, 7) is 2.68. The molecule has 1 amide bonds. The second-order valence-corrected chi connectivity index (χ2v) is 5.43. The highest BCUT2D eigenvalue weighted by atomic mass is 19.3. The van der Waals surface area contributed by atoms with Gasteiger partial charge in [-0.3, -0.25) is 9.69 Å². The third kappa shape index (κ3) is 4.22. The number of halogens is 2. The number of nitrogens with zero attached hydrogens (tertiary/aromatic N) is 3. The number of carbonyl (C=O) groups excluding carboxylic acids is 1. The lowest BCUT2D eigenvalue weighted by molar-refractivity contribution is 0.0186. The van der Waals surface area contributed by atoms with E-state index in [0.29, 0.717) is 26.1 Å². The molecule has 0 aromatic carbocycles. The molecule has 1 fully saturated rings. The maximum absolute atomic E-state index is 12.6. The van der Waals surface area contributed by atoms with Crippen LogP contribution in [0.4, 0.5) is 8.78 Å². The maximum atomic E-state index is 12.6. The van der Waals surface area contributed by atoms with E-state index in [1.54, 1.807) is 9.80 Å². The van der Waals surface area contributed by atoms with E-state index in [9.17, 15) is 18.4 Å². The molecule has 1 aromatic rings. The Morgan fingerprint density at radius 3 is 2.78 bits per heavy atom. The number of amides is 1. The summed E-state index contributed by atoms with van der Waals surface area (Å²) in [7, 11) is 0. The zero-order valence-electron chi connectivity index (χ0n) is 12.8. The molecule has 1 aliphatic rings. The lowest BCUT2D eigenvalue weighted by atomic mass is 10.1. The minimum absolute atomic E-state index is 0.123. The van der Waals surface area contributed by atoms with Crippen molar-refractivity contribution in [3.8, 4) is 0 Å². The summed E-state index contributed by atoms with van der Waals surface area (Å²) in [5.74, 6) is -1.50. The van der Waals surface area contributed by atoms with Crippen LogP contribution in [0.3, 0.4) is 0 Å². The van der Waals surface area contributed by atoms with E-state index in [1.807, 2.05) is 6.92 Å². The van der Waals surface area contributed by atoms with Crippen molar-refractivity contribution in [1.29, 1.82) is 0 Å². The fourth-order valence-corrected chi connectivity index (χ4v) is 2.75. The van der Waals surface area contributed by atoms with Crippen LogP contribution >= 0.6 is 0 Å². The average Bonchev–Trinajstić information content (AvgIpc) is 2.54. The summed E-state index contributed by atoms with van der Waals surface area (Å²) in [6, 6.07) is 2.57. The number of carboxylic acids is 1. The van der Waals surface area contributed by atoms with E-state index in [2.05, 4.69) is 4.98 Å². The molecule has 6 nitrogen and oxygen atoms in total. The summed E-state index contributed by atoms with van der Waals surface area (Å²) in [5.41, 5.74) is 0.0498. The molecular weight excluding hydrogens is 308 g/mol. The molecule has 1 N–H and O–H groups in total. The van der Waals surface area contributed by atoms with Gasteiger partial charge in [-0.2, -0.15) is 0 Å². The van der Waals surface area contributed by atoms with Gasteiger partial charge in [0.1, 0.15) is 5.69 Å². The molecule has 1 aromatic heterocycles. The molecule has 23 heavy (non-hydrogen) atoms. The summed E-state index contributed by atoms with van der Waals surface area (Å²) in [5, 5.41) is 8.94. The van der Waals surface area contributed by atoms with Gasteiger partial charge in [-0.1, -0.05) is 6.92 Å². The van der Waals surface area contributed by atoms with Crippen LogP contribution in [0, 0.1) is 0 Å². The molecule has 8 heteroatoms. The second-order valence-electron chi connectivity index (χ2n) is 5.43. The SMILES string of the molecule is CCC1CN(C(=O)c2ccnc(C(=O)O)c2)CCN1CC(F)F. The first-order valence-corrected chi connectivity index (χ1v) is 7.43. The standard InChI is InChI=1S/C15H19F2N3O3/c1-2-11-8-20(6-5-19(11)9-13(16)17)14(21)10-3-4-18-12(7-10)15(22)23/h3-4,7,11,13H,2,5-6,8-9H2,1H3,(H,22,23). The average molecular weight is 327 g/mol. The van der Waals surface area contributed by atoms with E-state index in [1.165, 1.54) is 18.3 Å². The number of carboxylic acid groups (broad SMARTS) is 1. The summed E-state index contributed by atoms with van der Waals surface area (Å²) < 4.78 is 25.2. The first-order chi connectivity index (χ1) is 10.9. The van der Waals surface area contributed by atoms with E-state index in [-0.39, 0.29) is 29.8 Å². The van der Waals surface area contributed by atoms with Gasteiger partial charge in [0.2, 0.25) is 0 Å². The van der Waals surface area contributed by atoms with E-state index in [4.69, 9.17) is 5.11 Å². The Hall–Kier alpha value is -2.09. The number of aromatic carboxylic acids is 1. The Morgan fingerprint density at radius 2 is 2.17 bits per heavy atom. The van der Waals surface area contributed by atoms with Gasteiger partial charge in [-0.05, 0) is 18.6 Å². The predicted molar refractivity (Wildman–Crippen MR) is 78.8 cm³/mol. The van der Waals surface area contributed by atoms with Gasteiger partial charge >= 0.3 is 5.97 Å². The fraction of sp³-hybridized carbons (Fsp3) is 0.533. The molecule has 0 spiro atoms. The smallest absolute Gasteiger partial charge is 0.354 e. The van der Waals surface area contributed by atoms with Gasteiger partial charge in [0.25, 0.3) is 12.3 Å². The fourth-order valence-electron chi connectivity index (χ4n) is 2.75. The van der Waals surface area contributed by atoms with Gasteiger partial charge in [0.05, 0.1) is 6.54 Å². The number of hydrogen-bond acceptors (Lipinski definition) is 4. The van der Waals surface area contributed by atoms with Crippen LogP contribution in [-0.2, 0) is 0 Å². The van der Waals surface area contributed by atoms with Crippen molar-refractivity contribution in [2.45, 2.75) is 25.8 Å². The molecule has 126 valence electrons. The minimum Gasteiger partial charge on any atom is -0.477 e. The number of hydrogen-bond donors (Lipinski definition) is 1. The van der Waals surface area contributed by atoms with Crippen molar-refractivity contribution < 1.29 is 23.5 Å². The zero-order chi connectivity index (χ0) is 17.0. The van der Waals surface area contributed by atoms with Gasteiger partial charge in [-0.15, -0.1) is 0 Å². The Morgan fingerprint density at radius 1 is 1.43 bits per heavy atom. The number of pyridine rings is 1. The Bertz CT molecular complexity index is 583. The van der Waals surface area contributed by atoms with E-state index in [0.717, 1.165) is 0 Å². The highest BCUT2D eigenvalue weighted by Gasteiger charge is 2.30. The van der Waals surface area contributed by atoms with E-state index < -0.39 is 12.4 Å². The van der Waals surface area contributed by atoms with Crippen molar-refractivity contribution in [3.63, 3.8) is 0 Å². The molecule has 1 saturated heterocycles. The molecular formula is C15H19F2N3O3. The zero-order valence-corrected chi connectivity index (χ0v) is 12.8. The van der Waals surface area contributed by atoms with Crippen molar-refractivity contribution >= 4 is 11.9 Å². The van der Waals surface area contributed by atoms with Gasteiger partial charge in [-0.25, -0.2) is 18.6 Å². The predicted octanol–water partition coefficient (Wildman–Crippen LogP) is 1.58. The number of aromatic nitrogens is 1. The molecule has 0 bridgehead atoms. The maximum Gasteiger partial charge on any atom is 0.354 e. The number of carbonyl (C=O) groups is 2. The van der Waals surface area contributed by atoms with Crippen molar-refractivity contribution in [2.75, 3.05) is 26.2 Å². The monoisotopic (exact) mass is 327 g/mol. The highest BCUT2D eigenvalue weighted by Crippen LogP contribution is 2.17. The first-order valence-electron chi connectivity index (χ1n) is 7.43. The van der Waals surface area contributed by atoms with Gasteiger partial charge < -0.3 is 10.0 Å². The third-order valence-corrected chi connectivity index (χ3v) is 3.96. The van der Waals surface area contributed by atoms with Gasteiger partial charge in [0, 0.05) is 37.4 Å². The third-order valence-electron chi connectivity index (χ3n) is 3.96. The van der Waals surface area contributed by atoms with Crippen LogP contribution in [0.15, 0.2) is 18.3 Å². The normalized spacial score (nSPS) is 19.1. The first kappa shape index (κ1) is 17.3. The van der Waals surface area contributed by atoms with Crippen LogP contribution in [0.5, 0.6) is 0 Å². The topological polar surface area (TPSA) is 73.7 Å². The van der Waals surface area contributed by atoms with Crippen molar-refractivity contribution in [3.05, 3.63) is 29.6 Å². The molecule has 0 saturated carbocycles. The minimum atomic E-state index is -2.40. The largest absolute Gasteiger partial charge is 0.477 e. The molecule has 2 heterocycles. The van der Waals surface area contributed by atoms with Crippen LogP contribution < -0.4 is 0 Å². The lowest BCUT2D eigenvalue weighted by Crippen LogP contribution is -2.55. The number of alkyl halides is 2. The summed E-state index contributed by atoms with van der Waals surface area (Å²) in [4.78, 5) is 30.4. The van der Waals surface area contributed by atoms with Crippen molar-refractivity contribution in [2.24, 2.45) is 0 Å². The number of rotatable bonds is 5. The summed E-state index contributed by atoms with van der Waals surface area (Å²) in [6.07, 6.45) is -0.460. The highest BCUT2D eigenvalue weighted by molar-refractivity contribution is 5.96. The van der Waals surface area contributed by atoms with Crippen LogP contribution in [0.2, 0.25) is 0 Å². The molecule has 1 atom stereocenters. The second kappa shape index (κ2) is 7.45. The quantitative estimate of drug-likeness (QED) is 0.889. The Labute approximate surface area is 132 Å². The van der Waals surface area contributed by atoms with Crippen molar-refractivity contribution in [1.82, 2.24) is 14.8 Å². The van der Waals surface area contributed by atoms with Crippen LogP contribution in [0.25, 0.3) is 0 Å². The Balaban J connectivity index is 2.09. The molecule has 1 aliphatic heterocycles. The lowest BCUT2D eigenvalue weighted by Gasteiger charge is -2.41.